The fraction of sp³-hybridized carbons (Fsp3) is 0.917. The molecular weight excluding hydrogens is 261 g/mol. The third-order valence-electron chi connectivity index (χ3n) is 3.47. The van der Waals surface area contributed by atoms with Crippen molar-refractivity contribution in [1.29, 1.82) is 0 Å². The fourth-order valence-electron chi connectivity index (χ4n) is 2.54. The van der Waals surface area contributed by atoms with Gasteiger partial charge >= 0.3 is 12.1 Å². The minimum absolute atomic E-state index is 0.297. The van der Waals surface area contributed by atoms with E-state index in [-0.39, 0.29) is 6.04 Å². The van der Waals surface area contributed by atoms with Crippen LogP contribution >= 0.6 is 0 Å². The van der Waals surface area contributed by atoms with Crippen molar-refractivity contribution in [3.8, 4) is 0 Å². The Bertz CT molecular complexity index is 297. The molecule has 7 heteroatoms. The van der Waals surface area contributed by atoms with Crippen molar-refractivity contribution in [3.05, 3.63) is 0 Å². The Hall–Kier alpha value is -0.820. The van der Waals surface area contributed by atoms with Gasteiger partial charge in [-0.05, 0) is 38.9 Å². The molecule has 0 aliphatic carbocycles. The number of hydrogen-bond acceptors (Lipinski definition) is 3. The summed E-state index contributed by atoms with van der Waals surface area (Å²) in [6.07, 6.45) is -2.32. The summed E-state index contributed by atoms with van der Waals surface area (Å²) < 4.78 is 37.5. The molecular formula is C12H21F3N2O2. The Kier molecular flexibility index (Phi) is 6.06. The van der Waals surface area contributed by atoms with Crippen LogP contribution in [-0.2, 0) is 4.79 Å². The van der Waals surface area contributed by atoms with Crippen molar-refractivity contribution in [2.45, 2.75) is 38.4 Å². The van der Waals surface area contributed by atoms with E-state index in [1.165, 1.54) is 0 Å². The average molecular weight is 282 g/mol. The van der Waals surface area contributed by atoms with Gasteiger partial charge in [-0.25, -0.2) is 0 Å². The largest absolute Gasteiger partial charge is 0.480 e. The van der Waals surface area contributed by atoms with Gasteiger partial charge in [0.1, 0.15) is 0 Å². The molecule has 0 aromatic rings. The number of alkyl halides is 3. The highest BCUT2D eigenvalue weighted by atomic mass is 19.4. The first kappa shape index (κ1) is 16.2. The summed E-state index contributed by atoms with van der Waals surface area (Å²) in [4.78, 5) is 14.0. The summed E-state index contributed by atoms with van der Waals surface area (Å²) in [5, 5.41) is 8.76. The molecule has 1 saturated heterocycles. The van der Waals surface area contributed by atoms with E-state index in [1.807, 2.05) is 6.92 Å². The van der Waals surface area contributed by atoms with Crippen LogP contribution in [0.2, 0.25) is 0 Å². The fourth-order valence-corrected chi connectivity index (χ4v) is 2.54. The van der Waals surface area contributed by atoms with Crippen molar-refractivity contribution in [2.75, 3.05) is 32.7 Å². The number of nitrogens with zero attached hydrogens (tertiary/aromatic N) is 2. The molecule has 1 aliphatic rings. The number of likely N-dealkylation sites (tertiary alicyclic amines) is 1. The zero-order valence-corrected chi connectivity index (χ0v) is 11.1. The topological polar surface area (TPSA) is 43.8 Å². The van der Waals surface area contributed by atoms with Crippen molar-refractivity contribution >= 4 is 5.97 Å². The van der Waals surface area contributed by atoms with Crippen LogP contribution in [-0.4, -0.2) is 65.8 Å². The van der Waals surface area contributed by atoms with Gasteiger partial charge in [0.15, 0.2) is 0 Å². The van der Waals surface area contributed by atoms with Gasteiger partial charge in [0.05, 0.1) is 13.1 Å². The van der Waals surface area contributed by atoms with Crippen molar-refractivity contribution in [3.63, 3.8) is 0 Å². The van der Waals surface area contributed by atoms with Gasteiger partial charge in [-0.15, -0.1) is 0 Å². The van der Waals surface area contributed by atoms with Crippen molar-refractivity contribution < 1.29 is 23.1 Å². The van der Waals surface area contributed by atoms with E-state index in [1.54, 1.807) is 0 Å². The maximum Gasteiger partial charge on any atom is 0.401 e. The van der Waals surface area contributed by atoms with Crippen LogP contribution in [0.5, 0.6) is 0 Å². The summed E-state index contributed by atoms with van der Waals surface area (Å²) >= 11 is 0. The second kappa shape index (κ2) is 7.09. The van der Waals surface area contributed by atoms with E-state index < -0.39 is 25.2 Å². The van der Waals surface area contributed by atoms with Crippen molar-refractivity contribution in [2.24, 2.45) is 0 Å². The molecule has 1 unspecified atom stereocenters. The number of halogens is 3. The first-order chi connectivity index (χ1) is 8.81. The van der Waals surface area contributed by atoms with Crippen LogP contribution in [0.4, 0.5) is 13.2 Å². The van der Waals surface area contributed by atoms with E-state index in [0.717, 1.165) is 31.0 Å². The lowest BCUT2D eigenvalue weighted by molar-refractivity contribution is -0.158. The second-order valence-corrected chi connectivity index (χ2v) is 4.93. The van der Waals surface area contributed by atoms with Gasteiger partial charge in [0.25, 0.3) is 0 Å². The Labute approximate surface area is 111 Å². The highest BCUT2D eigenvalue weighted by Crippen LogP contribution is 2.22. The van der Waals surface area contributed by atoms with Crippen LogP contribution in [0, 0.1) is 0 Å². The normalized spacial score (nSPS) is 22.5. The summed E-state index contributed by atoms with van der Waals surface area (Å²) in [6.45, 7) is 2.82. The van der Waals surface area contributed by atoms with Gasteiger partial charge in [-0.1, -0.05) is 6.92 Å². The molecule has 0 spiro atoms. The number of hydrogen-bond donors (Lipinski definition) is 1. The number of carboxylic acids is 1. The highest BCUT2D eigenvalue weighted by Gasteiger charge is 2.35. The smallest absolute Gasteiger partial charge is 0.401 e. The lowest BCUT2D eigenvalue weighted by atomic mass is 10.1. The summed E-state index contributed by atoms with van der Waals surface area (Å²) in [5.74, 6) is -1.21. The van der Waals surface area contributed by atoms with Crippen LogP contribution < -0.4 is 0 Å². The Morgan fingerprint density at radius 3 is 2.58 bits per heavy atom. The number of carbonyl (C=O) groups is 1. The molecule has 1 rings (SSSR count). The molecule has 0 bridgehead atoms. The van der Waals surface area contributed by atoms with Gasteiger partial charge < -0.3 is 10.0 Å². The summed E-state index contributed by atoms with van der Waals surface area (Å²) in [7, 11) is 0. The quantitative estimate of drug-likeness (QED) is 0.835. The van der Waals surface area contributed by atoms with Crippen LogP contribution in [0.1, 0.15) is 26.2 Å². The average Bonchev–Trinajstić information content (AvgIpc) is 2.50. The van der Waals surface area contributed by atoms with Gasteiger partial charge in [0, 0.05) is 6.04 Å². The van der Waals surface area contributed by atoms with Gasteiger partial charge in [0.2, 0.25) is 0 Å². The zero-order valence-electron chi connectivity index (χ0n) is 11.1. The van der Waals surface area contributed by atoms with Crippen molar-refractivity contribution in [1.82, 2.24) is 9.80 Å². The predicted molar refractivity (Wildman–Crippen MR) is 65.0 cm³/mol. The molecule has 19 heavy (non-hydrogen) atoms. The molecule has 0 amide bonds. The molecule has 1 N–H and O–H groups in total. The van der Waals surface area contributed by atoms with Crippen LogP contribution in [0.25, 0.3) is 0 Å². The zero-order chi connectivity index (χ0) is 14.5. The number of rotatable bonds is 5. The number of carboxylic acid groups (broad SMARTS) is 1. The lowest BCUT2D eigenvalue weighted by Crippen LogP contribution is -2.45. The van der Waals surface area contributed by atoms with E-state index in [2.05, 4.69) is 4.90 Å². The molecule has 112 valence electrons. The summed E-state index contributed by atoms with van der Waals surface area (Å²) in [5.41, 5.74) is 0. The van der Waals surface area contributed by atoms with Gasteiger partial charge in [-0.2, -0.15) is 13.2 Å². The number of aliphatic carboxylic acids is 1. The maximum atomic E-state index is 12.5. The molecule has 0 aromatic carbocycles. The molecule has 0 saturated carbocycles. The van der Waals surface area contributed by atoms with Crippen LogP contribution in [0.3, 0.4) is 0 Å². The molecule has 0 aromatic heterocycles. The SMILES string of the molecule is CCN1CCCC(N(CC(=O)O)CC(F)(F)F)CC1. The Morgan fingerprint density at radius 1 is 1.37 bits per heavy atom. The molecule has 1 aliphatic heterocycles. The third kappa shape index (κ3) is 6.24. The predicted octanol–water partition coefficient (Wildman–Crippen LogP) is 1.81. The highest BCUT2D eigenvalue weighted by molar-refractivity contribution is 5.69. The first-order valence-electron chi connectivity index (χ1n) is 6.56. The molecule has 1 atom stereocenters. The summed E-state index contributed by atoms with van der Waals surface area (Å²) in [6, 6.07) is -0.297. The van der Waals surface area contributed by atoms with Crippen LogP contribution in [0.15, 0.2) is 0 Å². The molecule has 4 nitrogen and oxygen atoms in total. The van der Waals surface area contributed by atoms with Gasteiger partial charge in [-0.3, -0.25) is 9.69 Å². The third-order valence-corrected chi connectivity index (χ3v) is 3.47. The molecule has 0 radical (unpaired) electrons. The van der Waals surface area contributed by atoms with E-state index in [4.69, 9.17) is 5.11 Å². The minimum atomic E-state index is -4.35. The second-order valence-electron chi connectivity index (χ2n) is 4.93. The maximum absolute atomic E-state index is 12.5. The van der Waals surface area contributed by atoms with E-state index >= 15 is 0 Å². The van der Waals surface area contributed by atoms with E-state index in [9.17, 15) is 18.0 Å². The van der Waals surface area contributed by atoms with E-state index in [0.29, 0.717) is 12.8 Å². The Balaban J connectivity index is 2.65. The lowest BCUT2D eigenvalue weighted by Gasteiger charge is -2.30. The molecule has 1 heterocycles. The monoisotopic (exact) mass is 282 g/mol. The Morgan fingerprint density at radius 2 is 2.05 bits per heavy atom. The molecule has 1 fully saturated rings. The minimum Gasteiger partial charge on any atom is -0.480 e. The standard InChI is InChI=1S/C12H21F3N2O2/c1-2-16-6-3-4-10(5-7-16)17(8-11(18)19)9-12(13,14)15/h10H,2-9H2,1H3,(H,18,19). The first-order valence-corrected chi connectivity index (χ1v) is 6.56.